The van der Waals surface area contributed by atoms with Crippen LogP contribution in [0.5, 0.6) is 0 Å². The zero-order valence-electron chi connectivity index (χ0n) is 11.1. The highest BCUT2D eigenvalue weighted by Crippen LogP contribution is 2.29. The van der Waals surface area contributed by atoms with Crippen molar-refractivity contribution in [1.82, 2.24) is 15.5 Å². The van der Waals surface area contributed by atoms with Crippen molar-refractivity contribution in [1.29, 1.82) is 0 Å². The Morgan fingerprint density at radius 3 is 2.59 bits per heavy atom. The molecular formula is C13H25N3O. The minimum absolute atomic E-state index is 0.233. The largest absolute Gasteiger partial charge is 0.356 e. The molecule has 2 aliphatic rings. The number of piperidine rings is 1. The molecule has 0 bridgehead atoms. The summed E-state index contributed by atoms with van der Waals surface area (Å²) >= 11 is 0. The van der Waals surface area contributed by atoms with Crippen molar-refractivity contribution in [3.05, 3.63) is 0 Å². The highest BCUT2D eigenvalue weighted by Gasteiger charge is 2.29. The number of nitrogens with zero attached hydrogens (tertiary/aromatic N) is 1. The van der Waals surface area contributed by atoms with E-state index in [1.165, 1.54) is 12.8 Å². The molecule has 1 amide bonds. The monoisotopic (exact) mass is 239 g/mol. The van der Waals surface area contributed by atoms with Crippen LogP contribution in [0.3, 0.4) is 0 Å². The Morgan fingerprint density at radius 1 is 1.41 bits per heavy atom. The second-order valence-electron chi connectivity index (χ2n) is 6.12. The predicted octanol–water partition coefficient (Wildman–Crippen LogP) is 0.444. The fraction of sp³-hybridized carbons (Fsp3) is 0.923. The standard InChI is InChI=1S/C13H25N3O/c1-13(3-5-16(2)6-4-13)10-15-12(17)7-11-8-14-9-11/h11,14H,3-10H2,1-2H3,(H,15,17). The van der Waals surface area contributed by atoms with Crippen LogP contribution in [0.4, 0.5) is 0 Å². The van der Waals surface area contributed by atoms with Crippen molar-refractivity contribution in [3.63, 3.8) is 0 Å². The van der Waals surface area contributed by atoms with Crippen molar-refractivity contribution in [3.8, 4) is 0 Å². The SMILES string of the molecule is CN1CCC(C)(CNC(=O)CC2CNC2)CC1. The fourth-order valence-electron chi connectivity index (χ4n) is 2.47. The maximum absolute atomic E-state index is 11.7. The molecule has 2 aliphatic heterocycles. The number of carbonyl (C=O) groups excluding carboxylic acids is 1. The van der Waals surface area contributed by atoms with Gasteiger partial charge in [-0.1, -0.05) is 6.92 Å². The molecule has 0 saturated carbocycles. The van der Waals surface area contributed by atoms with Gasteiger partial charge in [-0.15, -0.1) is 0 Å². The Hall–Kier alpha value is -0.610. The van der Waals surface area contributed by atoms with Gasteiger partial charge in [-0.2, -0.15) is 0 Å². The first-order chi connectivity index (χ1) is 8.07. The van der Waals surface area contributed by atoms with Gasteiger partial charge in [0.15, 0.2) is 0 Å². The molecule has 4 heteroatoms. The van der Waals surface area contributed by atoms with E-state index in [4.69, 9.17) is 0 Å². The lowest BCUT2D eigenvalue weighted by Gasteiger charge is -2.38. The number of nitrogens with one attached hydrogen (secondary N) is 2. The van der Waals surface area contributed by atoms with Gasteiger partial charge in [0.25, 0.3) is 0 Å². The Labute approximate surface area is 104 Å². The van der Waals surface area contributed by atoms with E-state index < -0.39 is 0 Å². The molecule has 0 aromatic heterocycles. The van der Waals surface area contributed by atoms with Crippen molar-refractivity contribution in [2.75, 3.05) is 39.8 Å². The molecule has 2 fully saturated rings. The van der Waals surface area contributed by atoms with Crippen LogP contribution in [-0.4, -0.2) is 50.6 Å². The van der Waals surface area contributed by atoms with E-state index in [0.717, 1.165) is 32.7 Å². The van der Waals surface area contributed by atoms with Crippen LogP contribution < -0.4 is 10.6 Å². The molecule has 2 saturated heterocycles. The van der Waals surface area contributed by atoms with Gasteiger partial charge in [0, 0.05) is 13.0 Å². The van der Waals surface area contributed by atoms with E-state index in [1.807, 2.05) is 0 Å². The molecular weight excluding hydrogens is 214 g/mol. The molecule has 0 atom stereocenters. The summed E-state index contributed by atoms with van der Waals surface area (Å²) in [5, 5.41) is 6.32. The van der Waals surface area contributed by atoms with Crippen LogP contribution in [0, 0.1) is 11.3 Å². The summed E-state index contributed by atoms with van der Waals surface area (Å²) in [6.07, 6.45) is 3.08. The first-order valence-electron chi connectivity index (χ1n) is 6.73. The first kappa shape index (κ1) is 12.8. The number of rotatable bonds is 4. The summed E-state index contributed by atoms with van der Waals surface area (Å²) in [6, 6.07) is 0. The average Bonchev–Trinajstić information content (AvgIpc) is 2.26. The molecule has 0 spiro atoms. The minimum atomic E-state index is 0.233. The number of carbonyl (C=O) groups is 1. The molecule has 0 aliphatic carbocycles. The van der Waals surface area contributed by atoms with Crippen LogP contribution in [0.1, 0.15) is 26.2 Å². The molecule has 0 aromatic carbocycles. The molecule has 2 heterocycles. The lowest BCUT2D eigenvalue weighted by molar-refractivity contribution is -0.123. The quantitative estimate of drug-likeness (QED) is 0.748. The van der Waals surface area contributed by atoms with Crippen LogP contribution >= 0.6 is 0 Å². The number of amides is 1. The van der Waals surface area contributed by atoms with Crippen LogP contribution in [0.25, 0.3) is 0 Å². The summed E-state index contributed by atoms with van der Waals surface area (Å²) < 4.78 is 0. The van der Waals surface area contributed by atoms with E-state index >= 15 is 0 Å². The van der Waals surface area contributed by atoms with Crippen molar-refractivity contribution >= 4 is 5.91 Å². The molecule has 4 nitrogen and oxygen atoms in total. The second-order valence-corrected chi connectivity index (χ2v) is 6.12. The van der Waals surface area contributed by atoms with Crippen molar-refractivity contribution in [2.24, 2.45) is 11.3 Å². The van der Waals surface area contributed by atoms with Gasteiger partial charge < -0.3 is 15.5 Å². The summed E-state index contributed by atoms with van der Waals surface area (Å²) in [6.45, 7) is 7.47. The number of hydrogen-bond acceptors (Lipinski definition) is 3. The number of likely N-dealkylation sites (tertiary alicyclic amines) is 1. The summed E-state index contributed by atoms with van der Waals surface area (Å²) in [5.41, 5.74) is 0.306. The zero-order valence-corrected chi connectivity index (χ0v) is 11.1. The summed E-state index contributed by atoms with van der Waals surface area (Å²) in [5.74, 6) is 0.803. The topological polar surface area (TPSA) is 44.4 Å². The van der Waals surface area contributed by atoms with Gasteiger partial charge in [-0.3, -0.25) is 4.79 Å². The molecule has 0 aromatic rings. The maximum atomic E-state index is 11.7. The van der Waals surface area contributed by atoms with Crippen molar-refractivity contribution < 1.29 is 4.79 Å². The predicted molar refractivity (Wildman–Crippen MR) is 68.8 cm³/mol. The molecule has 2 rings (SSSR count). The van der Waals surface area contributed by atoms with Crippen LogP contribution in [-0.2, 0) is 4.79 Å². The third kappa shape index (κ3) is 3.68. The Bertz CT molecular complexity index is 268. The van der Waals surface area contributed by atoms with E-state index in [2.05, 4.69) is 29.5 Å². The van der Waals surface area contributed by atoms with Gasteiger partial charge >= 0.3 is 0 Å². The van der Waals surface area contributed by atoms with E-state index in [9.17, 15) is 4.79 Å². The Balaban J connectivity index is 1.67. The smallest absolute Gasteiger partial charge is 0.220 e. The van der Waals surface area contributed by atoms with Crippen molar-refractivity contribution in [2.45, 2.75) is 26.2 Å². The van der Waals surface area contributed by atoms with Crippen LogP contribution in [0.2, 0.25) is 0 Å². The van der Waals surface area contributed by atoms with Crippen LogP contribution in [0.15, 0.2) is 0 Å². The lowest BCUT2D eigenvalue weighted by Crippen LogP contribution is -2.47. The molecule has 0 radical (unpaired) electrons. The van der Waals surface area contributed by atoms with Gasteiger partial charge in [0.2, 0.25) is 5.91 Å². The zero-order chi connectivity index (χ0) is 12.3. The maximum Gasteiger partial charge on any atom is 0.220 e. The molecule has 17 heavy (non-hydrogen) atoms. The van der Waals surface area contributed by atoms with E-state index in [-0.39, 0.29) is 5.91 Å². The minimum Gasteiger partial charge on any atom is -0.356 e. The van der Waals surface area contributed by atoms with Gasteiger partial charge in [-0.25, -0.2) is 0 Å². The third-order valence-electron chi connectivity index (χ3n) is 4.25. The second kappa shape index (κ2) is 5.36. The molecule has 0 unspecified atom stereocenters. The average molecular weight is 239 g/mol. The summed E-state index contributed by atoms with van der Waals surface area (Å²) in [4.78, 5) is 14.1. The normalized spacial score (nSPS) is 25.3. The van der Waals surface area contributed by atoms with Gasteiger partial charge in [0.1, 0.15) is 0 Å². The molecule has 98 valence electrons. The Kier molecular flexibility index (Phi) is 4.05. The van der Waals surface area contributed by atoms with Gasteiger partial charge in [0.05, 0.1) is 0 Å². The highest BCUT2D eigenvalue weighted by atomic mass is 16.1. The van der Waals surface area contributed by atoms with E-state index in [1.54, 1.807) is 0 Å². The lowest BCUT2D eigenvalue weighted by atomic mass is 9.80. The van der Waals surface area contributed by atoms with E-state index in [0.29, 0.717) is 17.8 Å². The number of hydrogen-bond donors (Lipinski definition) is 2. The molecule has 2 N–H and O–H groups in total. The first-order valence-corrected chi connectivity index (χ1v) is 6.73. The Morgan fingerprint density at radius 2 is 2.06 bits per heavy atom. The third-order valence-corrected chi connectivity index (χ3v) is 4.25. The summed E-state index contributed by atoms with van der Waals surface area (Å²) in [7, 11) is 2.17. The van der Waals surface area contributed by atoms with Gasteiger partial charge in [-0.05, 0) is 57.4 Å². The fourth-order valence-corrected chi connectivity index (χ4v) is 2.47. The highest BCUT2D eigenvalue weighted by molar-refractivity contribution is 5.76.